The number of alkyl halides is 6. The zero-order valence-electron chi connectivity index (χ0n) is 17.6. The number of nitrogens with one attached hydrogen (secondary N) is 2. The Morgan fingerprint density at radius 2 is 1.48 bits per heavy atom. The Balaban J connectivity index is 1.55. The van der Waals surface area contributed by atoms with Gasteiger partial charge in [-0.1, -0.05) is 30.7 Å². The number of rotatable bonds is 3. The fraction of sp³-hybridized carbons (Fsp3) is 0.435. The van der Waals surface area contributed by atoms with Gasteiger partial charge in [0, 0.05) is 5.69 Å². The van der Waals surface area contributed by atoms with Crippen molar-refractivity contribution in [3.05, 3.63) is 64.7 Å². The Morgan fingerprint density at radius 1 is 0.879 bits per heavy atom. The maximum Gasteiger partial charge on any atom is 0.416 e. The molecule has 0 aromatic heterocycles. The first kappa shape index (κ1) is 23.8. The average molecular weight is 488 g/mol. The third kappa shape index (κ3) is 5.43. The summed E-state index contributed by atoms with van der Waals surface area (Å²) < 4.78 is 79.0. The lowest BCUT2D eigenvalue weighted by Crippen LogP contribution is -2.47. The highest BCUT2D eigenvalue weighted by atomic mass is 32.1. The molecule has 0 unspecified atom stereocenters. The van der Waals surface area contributed by atoms with E-state index in [2.05, 4.69) is 21.6 Å². The molecule has 2 aromatic carbocycles. The lowest BCUT2D eigenvalue weighted by Gasteiger charge is -2.37. The molecule has 1 saturated heterocycles. The quantitative estimate of drug-likeness (QED) is 0.401. The summed E-state index contributed by atoms with van der Waals surface area (Å²) in [5, 5.41) is 5.69. The molecule has 2 N–H and O–H groups in total. The number of thiocarbonyl (C=S) groups is 1. The largest absolute Gasteiger partial charge is 0.416 e. The highest BCUT2D eigenvalue weighted by Gasteiger charge is 2.38. The summed E-state index contributed by atoms with van der Waals surface area (Å²) in [5.41, 5.74) is -0.797. The number of hydrogen-bond donors (Lipinski definition) is 2. The summed E-state index contributed by atoms with van der Waals surface area (Å²) in [6.45, 7) is 1.86. The van der Waals surface area contributed by atoms with Crippen molar-refractivity contribution in [1.29, 1.82) is 0 Å². The first-order valence-corrected chi connectivity index (χ1v) is 11.1. The molecule has 0 amide bonds. The summed E-state index contributed by atoms with van der Waals surface area (Å²) in [6.07, 6.45) is -5.84. The zero-order chi connectivity index (χ0) is 23.8. The summed E-state index contributed by atoms with van der Waals surface area (Å²) in [5.74, 6) is 0. The van der Waals surface area contributed by atoms with Crippen molar-refractivity contribution < 1.29 is 26.3 Å². The second-order valence-corrected chi connectivity index (χ2v) is 8.85. The molecule has 1 aliphatic heterocycles. The lowest BCUT2D eigenvalue weighted by molar-refractivity contribution is -0.143. The van der Waals surface area contributed by atoms with Crippen LogP contribution in [0, 0.1) is 0 Å². The minimum atomic E-state index is -4.92. The van der Waals surface area contributed by atoms with Crippen LogP contribution >= 0.6 is 12.2 Å². The van der Waals surface area contributed by atoms with Crippen molar-refractivity contribution in [1.82, 2.24) is 10.2 Å². The van der Waals surface area contributed by atoms with Crippen molar-refractivity contribution >= 4 is 23.0 Å². The third-order valence-corrected chi connectivity index (χ3v) is 6.36. The van der Waals surface area contributed by atoms with E-state index in [-0.39, 0.29) is 28.9 Å². The molecule has 2 atom stereocenters. The second kappa shape index (κ2) is 9.13. The topological polar surface area (TPSA) is 27.3 Å². The highest BCUT2D eigenvalue weighted by Crippen LogP contribution is 2.39. The molecule has 1 aliphatic carbocycles. The monoisotopic (exact) mass is 487 g/mol. The Hall–Kier alpha value is -2.33. The SMILES string of the molecule is FC(F)(F)c1cc(NC(=S)N[C@H]2Cc3ccccc3[C@H]2N2CCCCC2)cc(C(F)(F)F)c1. The van der Waals surface area contributed by atoms with Crippen molar-refractivity contribution in [2.24, 2.45) is 0 Å². The number of nitrogens with zero attached hydrogens (tertiary/aromatic N) is 1. The molecule has 3 nitrogen and oxygen atoms in total. The standard InChI is InChI=1S/C23H23F6N3S/c24-22(25,26)15-11-16(23(27,28)29)13-17(12-15)30-21(33)31-19-10-14-6-2-3-7-18(14)20(19)32-8-4-1-5-9-32/h2-3,6-7,11-13,19-20H,1,4-5,8-10H2,(H2,30,31,33)/t19-,20+/m0/s1. The third-order valence-electron chi connectivity index (χ3n) is 6.14. The Kier molecular flexibility index (Phi) is 6.59. The minimum absolute atomic E-state index is 0.0118. The van der Waals surface area contributed by atoms with Gasteiger partial charge < -0.3 is 10.6 Å². The first-order valence-electron chi connectivity index (χ1n) is 10.7. The van der Waals surface area contributed by atoms with Gasteiger partial charge in [-0.15, -0.1) is 0 Å². The van der Waals surface area contributed by atoms with Crippen LogP contribution in [0.2, 0.25) is 0 Å². The smallest absolute Gasteiger partial charge is 0.357 e. The summed E-state index contributed by atoms with van der Waals surface area (Å²) >= 11 is 5.31. The van der Waals surface area contributed by atoms with E-state index in [4.69, 9.17) is 12.2 Å². The van der Waals surface area contributed by atoms with E-state index in [1.807, 2.05) is 18.2 Å². The molecule has 0 spiro atoms. The first-order chi connectivity index (χ1) is 15.5. The van der Waals surface area contributed by atoms with Crippen LogP contribution in [0.4, 0.5) is 32.0 Å². The van der Waals surface area contributed by atoms with Crippen LogP contribution in [0.1, 0.15) is 47.6 Å². The van der Waals surface area contributed by atoms with Gasteiger partial charge in [-0.2, -0.15) is 26.3 Å². The van der Waals surface area contributed by atoms with E-state index < -0.39 is 23.5 Å². The average Bonchev–Trinajstić information content (AvgIpc) is 3.10. The van der Waals surface area contributed by atoms with E-state index in [0.29, 0.717) is 18.6 Å². The second-order valence-electron chi connectivity index (χ2n) is 8.44. The van der Waals surface area contributed by atoms with Crippen molar-refractivity contribution in [2.75, 3.05) is 18.4 Å². The van der Waals surface area contributed by atoms with Crippen molar-refractivity contribution in [2.45, 2.75) is 50.1 Å². The molecule has 0 radical (unpaired) electrons. The lowest BCUT2D eigenvalue weighted by atomic mass is 10.0. The van der Waals surface area contributed by atoms with Crippen LogP contribution in [-0.2, 0) is 18.8 Å². The van der Waals surface area contributed by atoms with E-state index in [1.54, 1.807) is 0 Å². The molecule has 10 heteroatoms. The molecule has 178 valence electrons. The normalized spacial score (nSPS) is 21.5. The van der Waals surface area contributed by atoms with E-state index in [9.17, 15) is 26.3 Å². The van der Waals surface area contributed by atoms with E-state index in [1.165, 1.54) is 12.0 Å². The predicted octanol–water partition coefficient (Wildman–Crippen LogP) is 6.16. The molecule has 33 heavy (non-hydrogen) atoms. The van der Waals surface area contributed by atoms with Crippen LogP contribution < -0.4 is 10.6 Å². The van der Waals surface area contributed by atoms with Crippen LogP contribution in [0.3, 0.4) is 0 Å². The van der Waals surface area contributed by atoms with Gasteiger partial charge in [-0.25, -0.2) is 0 Å². The number of benzene rings is 2. The highest BCUT2D eigenvalue weighted by molar-refractivity contribution is 7.80. The zero-order valence-corrected chi connectivity index (χ0v) is 18.4. The van der Waals surface area contributed by atoms with Crippen LogP contribution in [0.25, 0.3) is 0 Å². The van der Waals surface area contributed by atoms with Crippen LogP contribution in [-0.4, -0.2) is 29.1 Å². The minimum Gasteiger partial charge on any atom is -0.357 e. The molecular weight excluding hydrogens is 464 g/mol. The fourth-order valence-electron chi connectivity index (χ4n) is 4.71. The van der Waals surface area contributed by atoms with E-state index in [0.717, 1.165) is 31.5 Å². The summed E-state index contributed by atoms with van der Waals surface area (Å²) in [4.78, 5) is 2.38. The fourth-order valence-corrected chi connectivity index (χ4v) is 4.98. The van der Waals surface area contributed by atoms with Gasteiger partial charge in [-0.05, 0) is 73.9 Å². The molecule has 1 fully saturated rings. The van der Waals surface area contributed by atoms with Gasteiger partial charge >= 0.3 is 12.4 Å². The molecule has 4 rings (SSSR count). The van der Waals surface area contributed by atoms with Crippen LogP contribution in [0.5, 0.6) is 0 Å². The van der Waals surface area contributed by atoms with Gasteiger partial charge in [0.1, 0.15) is 0 Å². The molecule has 2 aromatic rings. The number of hydrogen-bond acceptors (Lipinski definition) is 2. The van der Waals surface area contributed by atoms with Crippen molar-refractivity contribution in [3.63, 3.8) is 0 Å². The van der Waals surface area contributed by atoms with Gasteiger partial charge in [0.05, 0.1) is 23.2 Å². The number of anilines is 1. The number of halogens is 6. The summed E-state index contributed by atoms with van der Waals surface area (Å²) in [6, 6.07) is 9.28. The molecular formula is C23H23F6N3S. The Labute approximate surface area is 193 Å². The van der Waals surface area contributed by atoms with Gasteiger partial charge in [-0.3, -0.25) is 4.90 Å². The summed E-state index contributed by atoms with van der Waals surface area (Å²) in [7, 11) is 0. The molecule has 0 bridgehead atoms. The molecule has 1 heterocycles. The van der Waals surface area contributed by atoms with Gasteiger partial charge in [0.2, 0.25) is 0 Å². The maximum absolute atomic E-state index is 13.2. The van der Waals surface area contributed by atoms with Gasteiger partial charge in [0.15, 0.2) is 5.11 Å². The number of fused-ring (bicyclic) bond motifs is 1. The maximum atomic E-state index is 13.2. The molecule has 0 saturated carbocycles. The predicted molar refractivity (Wildman–Crippen MR) is 118 cm³/mol. The Morgan fingerprint density at radius 3 is 2.09 bits per heavy atom. The number of likely N-dealkylation sites (tertiary alicyclic amines) is 1. The van der Waals surface area contributed by atoms with Gasteiger partial charge in [0.25, 0.3) is 0 Å². The van der Waals surface area contributed by atoms with E-state index >= 15 is 0 Å². The Bertz CT molecular complexity index is 982. The number of piperidine rings is 1. The molecule has 2 aliphatic rings. The van der Waals surface area contributed by atoms with Crippen molar-refractivity contribution in [3.8, 4) is 0 Å². The van der Waals surface area contributed by atoms with Crippen LogP contribution in [0.15, 0.2) is 42.5 Å².